The monoisotopic (exact) mass is 539 g/mol. The van der Waals surface area contributed by atoms with Crippen LogP contribution in [0.15, 0.2) is 71.6 Å². The van der Waals surface area contributed by atoms with Crippen LogP contribution in [0.4, 0.5) is 17.1 Å². The number of nitrogens with one attached hydrogen (secondary N) is 3. The molecule has 3 N–H and O–H groups in total. The van der Waals surface area contributed by atoms with E-state index in [1.54, 1.807) is 24.3 Å². The number of amides is 2. The molecule has 1 heterocycles. The summed E-state index contributed by atoms with van der Waals surface area (Å²) >= 11 is 0. The number of esters is 1. The van der Waals surface area contributed by atoms with Crippen LogP contribution in [0.1, 0.15) is 24.2 Å². The molecule has 0 bridgehead atoms. The third-order valence-corrected chi connectivity index (χ3v) is 6.70. The first-order chi connectivity index (χ1) is 18.1. The van der Waals surface area contributed by atoms with Gasteiger partial charge in [0, 0.05) is 30.1 Å². The summed E-state index contributed by atoms with van der Waals surface area (Å²) < 4.78 is 44.1. The Morgan fingerprint density at radius 2 is 1.39 bits per heavy atom. The van der Waals surface area contributed by atoms with Gasteiger partial charge in [0.1, 0.15) is 13.2 Å². The molecule has 0 aromatic heterocycles. The Hall–Kier alpha value is -4.58. The maximum Gasteiger partial charge on any atom is 0.338 e. The highest BCUT2D eigenvalue weighted by atomic mass is 32.2. The highest BCUT2D eigenvalue weighted by Crippen LogP contribution is 2.32. The smallest absolute Gasteiger partial charge is 0.338 e. The summed E-state index contributed by atoms with van der Waals surface area (Å²) in [5.41, 5.74) is 1.39. The first kappa shape index (κ1) is 26.5. The van der Waals surface area contributed by atoms with E-state index >= 15 is 0 Å². The van der Waals surface area contributed by atoms with E-state index < -0.39 is 28.0 Å². The van der Waals surface area contributed by atoms with Gasteiger partial charge in [0.2, 0.25) is 5.91 Å². The van der Waals surface area contributed by atoms with Gasteiger partial charge in [-0.05, 0) is 67.6 Å². The molecule has 1 atom stereocenters. The van der Waals surface area contributed by atoms with Gasteiger partial charge >= 0.3 is 5.97 Å². The summed E-state index contributed by atoms with van der Waals surface area (Å²) in [6, 6.07) is 16.4. The van der Waals surface area contributed by atoms with Gasteiger partial charge in [0.25, 0.3) is 15.9 Å². The molecule has 1 aliphatic heterocycles. The summed E-state index contributed by atoms with van der Waals surface area (Å²) in [4.78, 5) is 36.0. The van der Waals surface area contributed by atoms with Crippen LogP contribution in [0.5, 0.6) is 11.5 Å². The van der Waals surface area contributed by atoms with Crippen LogP contribution in [-0.4, -0.2) is 45.5 Å². The summed E-state index contributed by atoms with van der Waals surface area (Å²) in [7, 11) is -3.92. The van der Waals surface area contributed by atoms with Gasteiger partial charge in [-0.2, -0.15) is 0 Å². The number of ether oxygens (including phenoxy) is 3. The van der Waals surface area contributed by atoms with E-state index in [0.29, 0.717) is 36.1 Å². The van der Waals surface area contributed by atoms with Crippen LogP contribution in [0, 0.1) is 0 Å². The molecular weight excluding hydrogens is 514 g/mol. The standard InChI is InChI=1S/C26H25N3O8S/c1-16(25(31)28-20-9-7-19(8-10-20)27-17(2)30)37-26(32)18-3-5-21(6-4-18)29-38(33,34)22-11-12-23-24(15-22)36-14-13-35-23/h3-12,15-16,29H,13-14H2,1-2H3,(H,27,30)(H,28,31). The summed E-state index contributed by atoms with van der Waals surface area (Å²) in [6.45, 7) is 3.54. The minimum atomic E-state index is -3.92. The van der Waals surface area contributed by atoms with Crippen molar-refractivity contribution in [1.82, 2.24) is 0 Å². The lowest BCUT2D eigenvalue weighted by Gasteiger charge is -2.19. The van der Waals surface area contributed by atoms with E-state index in [1.807, 2.05) is 0 Å². The number of fused-ring (bicyclic) bond motifs is 1. The van der Waals surface area contributed by atoms with E-state index in [4.69, 9.17) is 14.2 Å². The molecule has 198 valence electrons. The number of carbonyl (C=O) groups excluding carboxylic acids is 3. The second-order valence-electron chi connectivity index (χ2n) is 8.28. The zero-order valence-corrected chi connectivity index (χ0v) is 21.3. The van der Waals surface area contributed by atoms with Crippen LogP contribution in [0.3, 0.4) is 0 Å². The van der Waals surface area contributed by atoms with Crippen molar-refractivity contribution >= 4 is 44.9 Å². The fraction of sp³-hybridized carbons (Fsp3) is 0.192. The van der Waals surface area contributed by atoms with Crippen molar-refractivity contribution in [3.63, 3.8) is 0 Å². The number of anilines is 3. The predicted molar refractivity (Wildman–Crippen MR) is 139 cm³/mol. The second-order valence-corrected chi connectivity index (χ2v) is 9.97. The third-order valence-electron chi connectivity index (χ3n) is 5.32. The minimum absolute atomic E-state index is 0.00479. The highest BCUT2D eigenvalue weighted by molar-refractivity contribution is 7.92. The van der Waals surface area contributed by atoms with Crippen LogP contribution in [0.2, 0.25) is 0 Å². The molecular formula is C26H25N3O8S. The predicted octanol–water partition coefficient (Wildman–Crippen LogP) is 3.40. The zero-order chi connectivity index (χ0) is 27.3. The lowest BCUT2D eigenvalue weighted by molar-refractivity contribution is -0.123. The molecule has 0 spiro atoms. The van der Waals surface area contributed by atoms with Gasteiger partial charge in [-0.15, -0.1) is 0 Å². The van der Waals surface area contributed by atoms with Crippen LogP contribution < -0.4 is 24.8 Å². The van der Waals surface area contributed by atoms with E-state index in [2.05, 4.69) is 15.4 Å². The quantitative estimate of drug-likeness (QED) is 0.369. The van der Waals surface area contributed by atoms with Crippen LogP contribution >= 0.6 is 0 Å². The molecule has 2 amide bonds. The van der Waals surface area contributed by atoms with Gasteiger partial charge in [0.05, 0.1) is 10.5 Å². The van der Waals surface area contributed by atoms with Crippen molar-refractivity contribution in [2.75, 3.05) is 28.6 Å². The number of sulfonamides is 1. The summed E-state index contributed by atoms with van der Waals surface area (Å²) in [5, 5.41) is 5.25. The van der Waals surface area contributed by atoms with E-state index in [1.165, 1.54) is 56.3 Å². The Bertz CT molecular complexity index is 1450. The summed E-state index contributed by atoms with van der Waals surface area (Å²) in [6.07, 6.45) is -1.11. The molecule has 38 heavy (non-hydrogen) atoms. The Morgan fingerprint density at radius 3 is 2.03 bits per heavy atom. The van der Waals surface area contributed by atoms with Gasteiger partial charge in [-0.1, -0.05) is 0 Å². The normalized spacial score (nSPS) is 13.1. The number of rotatable bonds is 8. The SMILES string of the molecule is CC(=O)Nc1ccc(NC(=O)C(C)OC(=O)c2ccc(NS(=O)(=O)c3ccc4c(c3)OCCO4)cc2)cc1. The van der Waals surface area contributed by atoms with Crippen LogP contribution in [-0.2, 0) is 24.3 Å². The van der Waals surface area contributed by atoms with Gasteiger partial charge in [0.15, 0.2) is 17.6 Å². The number of benzene rings is 3. The lowest BCUT2D eigenvalue weighted by atomic mass is 10.2. The number of carbonyl (C=O) groups is 3. The lowest BCUT2D eigenvalue weighted by Crippen LogP contribution is -2.30. The molecule has 0 aliphatic carbocycles. The van der Waals surface area contributed by atoms with E-state index in [-0.39, 0.29) is 22.1 Å². The molecule has 0 saturated carbocycles. The molecule has 3 aromatic carbocycles. The molecule has 3 aromatic rings. The molecule has 4 rings (SSSR count). The van der Waals surface area contributed by atoms with Crippen molar-refractivity contribution in [3.8, 4) is 11.5 Å². The Labute approximate surface area is 219 Å². The Kier molecular flexibility index (Phi) is 7.82. The summed E-state index contributed by atoms with van der Waals surface area (Å²) in [5.74, 6) is -0.699. The molecule has 0 fully saturated rings. The number of hydrogen-bond acceptors (Lipinski definition) is 8. The zero-order valence-electron chi connectivity index (χ0n) is 20.5. The van der Waals surface area contributed by atoms with Gasteiger partial charge in [-0.3, -0.25) is 14.3 Å². The minimum Gasteiger partial charge on any atom is -0.486 e. The fourth-order valence-corrected chi connectivity index (χ4v) is 4.52. The average molecular weight is 540 g/mol. The maximum absolute atomic E-state index is 12.8. The molecule has 1 aliphatic rings. The second kappa shape index (κ2) is 11.2. The first-order valence-corrected chi connectivity index (χ1v) is 13.0. The van der Waals surface area contributed by atoms with Crippen molar-refractivity contribution in [1.29, 1.82) is 0 Å². The Balaban J connectivity index is 1.33. The highest BCUT2D eigenvalue weighted by Gasteiger charge is 2.21. The van der Waals surface area contributed by atoms with Gasteiger partial charge < -0.3 is 24.8 Å². The molecule has 12 heteroatoms. The topological polar surface area (TPSA) is 149 Å². The molecule has 11 nitrogen and oxygen atoms in total. The molecule has 1 unspecified atom stereocenters. The van der Waals surface area contributed by atoms with Crippen LogP contribution in [0.25, 0.3) is 0 Å². The van der Waals surface area contributed by atoms with Gasteiger partial charge in [-0.25, -0.2) is 13.2 Å². The fourth-order valence-electron chi connectivity index (χ4n) is 3.45. The van der Waals surface area contributed by atoms with Crippen molar-refractivity contribution in [2.24, 2.45) is 0 Å². The van der Waals surface area contributed by atoms with Crippen molar-refractivity contribution in [2.45, 2.75) is 24.8 Å². The first-order valence-electron chi connectivity index (χ1n) is 11.5. The molecule has 0 radical (unpaired) electrons. The van der Waals surface area contributed by atoms with Crippen molar-refractivity contribution < 1.29 is 37.0 Å². The third kappa shape index (κ3) is 6.59. The molecule has 0 saturated heterocycles. The van der Waals surface area contributed by atoms with E-state index in [9.17, 15) is 22.8 Å². The largest absolute Gasteiger partial charge is 0.486 e. The van der Waals surface area contributed by atoms with Crippen molar-refractivity contribution in [3.05, 3.63) is 72.3 Å². The maximum atomic E-state index is 12.8. The van der Waals surface area contributed by atoms with E-state index in [0.717, 1.165) is 0 Å². The Morgan fingerprint density at radius 1 is 0.816 bits per heavy atom. The average Bonchev–Trinajstić information content (AvgIpc) is 2.89. The number of hydrogen-bond donors (Lipinski definition) is 3.